The Morgan fingerprint density at radius 2 is 1.71 bits per heavy atom. The second-order valence-electron chi connectivity index (χ2n) is 9.18. The lowest BCUT2D eigenvalue weighted by Crippen LogP contribution is -2.44. The van der Waals surface area contributed by atoms with Crippen LogP contribution in [0.2, 0.25) is 5.02 Å². The van der Waals surface area contributed by atoms with E-state index in [9.17, 15) is 4.79 Å². The van der Waals surface area contributed by atoms with Gasteiger partial charge >= 0.3 is 0 Å². The number of fused-ring (bicyclic) bond motifs is 1. The first-order chi connectivity index (χ1) is 17.0. The lowest BCUT2D eigenvalue weighted by Gasteiger charge is -2.37. The monoisotopic (exact) mass is 614 g/mol. The molecule has 6 heteroatoms. The predicted molar refractivity (Wildman–Crippen MR) is 156 cm³/mol. The van der Waals surface area contributed by atoms with Crippen molar-refractivity contribution >= 4 is 61.5 Å². The highest BCUT2D eigenvalue weighted by atomic mass is 127. The van der Waals surface area contributed by atoms with Gasteiger partial charge in [-0.25, -0.2) is 0 Å². The molecule has 0 saturated heterocycles. The molecule has 180 valence electrons. The van der Waals surface area contributed by atoms with Gasteiger partial charge in [0.15, 0.2) is 0 Å². The van der Waals surface area contributed by atoms with Crippen LogP contribution in [-0.2, 0) is 6.54 Å². The molecule has 0 spiro atoms. The molecule has 1 saturated carbocycles. The van der Waals surface area contributed by atoms with Crippen LogP contribution in [0.5, 0.6) is 0 Å². The molecule has 0 bridgehead atoms. The molecule has 3 aromatic carbocycles. The summed E-state index contributed by atoms with van der Waals surface area (Å²) in [5.41, 5.74) is 3.51. The van der Waals surface area contributed by atoms with Gasteiger partial charge in [-0.3, -0.25) is 4.79 Å². The molecule has 0 atom stereocenters. The molecular formula is C29H28ClIN2OS. The van der Waals surface area contributed by atoms with Gasteiger partial charge in [-0.2, -0.15) is 0 Å². The highest BCUT2D eigenvalue weighted by molar-refractivity contribution is 14.1. The van der Waals surface area contributed by atoms with E-state index >= 15 is 0 Å². The molecule has 1 aliphatic rings. The number of nitrogens with one attached hydrogen (secondary N) is 1. The minimum Gasteiger partial charge on any atom is -0.331 e. The summed E-state index contributed by atoms with van der Waals surface area (Å²) in [6.45, 7) is 0.579. The number of carbonyl (C=O) groups is 1. The Morgan fingerprint density at radius 3 is 2.43 bits per heavy atom. The summed E-state index contributed by atoms with van der Waals surface area (Å²) in [6.07, 6.45) is 4.15. The molecule has 5 rings (SSSR count). The summed E-state index contributed by atoms with van der Waals surface area (Å²) in [5.74, 6) is 0.0452. The van der Waals surface area contributed by atoms with Crippen molar-refractivity contribution in [1.29, 1.82) is 0 Å². The van der Waals surface area contributed by atoms with Gasteiger partial charge in [0.1, 0.15) is 4.88 Å². The van der Waals surface area contributed by atoms with Crippen LogP contribution >= 0.6 is 45.5 Å². The van der Waals surface area contributed by atoms with Crippen molar-refractivity contribution in [3.05, 3.63) is 91.8 Å². The highest BCUT2D eigenvalue weighted by Crippen LogP contribution is 2.37. The van der Waals surface area contributed by atoms with Crippen molar-refractivity contribution in [2.45, 2.75) is 44.3 Å². The number of benzene rings is 3. The summed E-state index contributed by atoms with van der Waals surface area (Å²) in [4.78, 5) is 16.8. The summed E-state index contributed by atoms with van der Waals surface area (Å²) in [7, 11) is 2.03. The van der Waals surface area contributed by atoms with Gasteiger partial charge in [0.05, 0.1) is 5.02 Å². The third kappa shape index (κ3) is 5.43. The van der Waals surface area contributed by atoms with Crippen LogP contribution < -0.4 is 5.32 Å². The zero-order chi connectivity index (χ0) is 24.4. The van der Waals surface area contributed by atoms with Gasteiger partial charge in [-0.15, -0.1) is 11.3 Å². The normalized spacial score (nSPS) is 18.0. The second kappa shape index (κ2) is 11.0. The zero-order valence-electron chi connectivity index (χ0n) is 19.6. The largest absolute Gasteiger partial charge is 0.331 e. The van der Waals surface area contributed by atoms with Crippen LogP contribution in [0.1, 0.15) is 40.9 Å². The molecule has 0 unspecified atom stereocenters. The number of nitrogens with zero attached hydrogens (tertiary/aromatic N) is 1. The molecule has 1 amide bonds. The van der Waals surface area contributed by atoms with Crippen molar-refractivity contribution in [3.8, 4) is 11.1 Å². The molecule has 35 heavy (non-hydrogen) atoms. The fourth-order valence-electron chi connectivity index (χ4n) is 5.04. The minimum absolute atomic E-state index is 0.0452. The van der Waals surface area contributed by atoms with Crippen LogP contribution in [-0.4, -0.2) is 29.9 Å². The van der Waals surface area contributed by atoms with Crippen molar-refractivity contribution in [3.63, 3.8) is 0 Å². The number of carbonyl (C=O) groups excluding carboxylic acids is 1. The van der Waals surface area contributed by atoms with Gasteiger partial charge in [0.2, 0.25) is 0 Å². The topological polar surface area (TPSA) is 32.3 Å². The average molecular weight is 615 g/mol. The van der Waals surface area contributed by atoms with Gasteiger partial charge in [-0.05, 0) is 96.3 Å². The smallest absolute Gasteiger partial charge is 0.266 e. The van der Waals surface area contributed by atoms with E-state index in [0.717, 1.165) is 41.3 Å². The molecule has 1 aromatic heterocycles. The fourth-order valence-corrected chi connectivity index (χ4v) is 7.05. The summed E-state index contributed by atoms with van der Waals surface area (Å²) < 4.78 is 2.27. The molecule has 4 aromatic rings. The maximum absolute atomic E-state index is 14.0. The maximum Gasteiger partial charge on any atom is 0.266 e. The van der Waals surface area contributed by atoms with Crippen LogP contribution in [0.3, 0.4) is 0 Å². The number of rotatable bonds is 6. The summed E-state index contributed by atoms with van der Waals surface area (Å²) in [6, 6.07) is 25.8. The third-order valence-corrected chi connectivity index (χ3v) is 9.31. The zero-order valence-corrected chi connectivity index (χ0v) is 23.4. The molecule has 0 radical (unpaired) electrons. The van der Waals surface area contributed by atoms with E-state index < -0.39 is 0 Å². The Labute approximate surface area is 229 Å². The predicted octanol–water partition coefficient (Wildman–Crippen LogP) is 8.00. The van der Waals surface area contributed by atoms with Crippen molar-refractivity contribution in [2.24, 2.45) is 0 Å². The second-order valence-corrected chi connectivity index (χ2v) is 11.9. The lowest BCUT2D eigenvalue weighted by molar-refractivity contribution is 0.0606. The van der Waals surface area contributed by atoms with Gasteiger partial charge < -0.3 is 10.2 Å². The Morgan fingerprint density at radius 1 is 1.00 bits per heavy atom. The molecule has 0 aliphatic heterocycles. The Hall–Kier alpha value is -1.93. The van der Waals surface area contributed by atoms with Gasteiger partial charge in [0.25, 0.3) is 5.91 Å². The first-order valence-corrected chi connectivity index (χ1v) is 14.3. The summed E-state index contributed by atoms with van der Waals surface area (Å²) >= 11 is 10.6. The van der Waals surface area contributed by atoms with E-state index in [1.165, 1.54) is 26.0 Å². The molecule has 1 fully saturated rings. The van der Waals surface area contributed by atoms with Gasteiger partial charge in [0, 0.05) is 32.3 Å². The highest BCUT2D eigenvalue weighted by Gasteiger charge is 2.31. The Kier molecular flexibility index (Phi) is 7.77. The van der Waals surface area contributed by atoms with E-state index in [0.29, 0.717) is 22.5 Å². The number of halogens is 2. The van der Waals surface area contributed by atoms with Crippen LogP contribution in [0.15, 0.2) is 72.8 Å². The molecule has 1 aliphatic carbocycles. The standard InChI is InChI=1S/C29H28ClIN2OS/c1-32-23-12-14-24(15-13-23)33(29(34)28-27(30)25-10-2-3-11-26(25)35-28)18-19-6-4-7-20(16-19)21-8-5-9-22(31)17-21/h2-11,16-17,23-24,32H,12-15,18H2,1H3. The van der Waals surface area contributed by atoms with E-state index in [2.05, 4.69) is 81.3 Å². The molecular weight excluding hydrogens is 587 g/mol. The lowest BCUT2D eigenvalue weighted by atomic mass is 9.89. The molecule has 3 nitrogen and oxygen atoms in total. The number of amides is 1. The SMILES string of the molecule is CNC1CCC(N(Cc2cccc(-c3cccc(I)c3)c2)C(=O)c2sc3ccccc3c2Cl)CC1. The van der Waals surface area contributed by atoms with Crippen LogP contribution in [0.25, 0.3) is 21.2 Å². The van der Waals surface area contributed by atoms with E-state index in [1.54, 1.807) is 0 Å². The van der Waals surface area contributed by atoms with Crippen LogP contribution in [0.4, 0.5) is 0 Å². The first-order valence-electron chi connectivity index (χ1n) is 12.0. The van der Waals surface area contributed by atoms with Crippen molar-refractivity contribution in [2.75, 3.05) is 7.05 Å². The van der Waals surface area contributed by atoms with Crippen molar-refractivity contribution in [1.82, 2.24) is 10.2 Å². The molecule has 1 N–H and O–H groups in total. The fraction of sp³-hybridized carbons (Fsp3) is 0.276. The number of hydrogen-bond acceptors (Lipinski definition) is 3. The van der Waals surface area contributed by atoms with E-state index in [4.69, 9.17) is 11.6 Å². The first kappa shape index (κ1) is 24.8. The quantitative estimate of drug-likeness (QED) is 0.223. The average Bonchev–Trinajstić information content (AvgIpc) is 3.23. The number of thiophene rings is 1. The van der Waals surface area contributed by atoms with E-state index in [-0.39, 0.29) is 11.9 Å². The Bertz CT molecular complexity index is 1350. The van der Waals surface area contributed by atoms with Crippen molar-refractivity contribution < 1.29 is 4.79 Å². The summed E-state index contributed by atoms with van der Waals surface area (Å²) in [5, 5.41) is 4.95. The molecule has 1 heterocycles. The Balaban J connectivity index is 1.48. The van der Waals surface area contributed by atoms with E-state index in [1.807, 2.05) is 31.3 Å². The van der Waals surface area contributed by atoms with Gasteiger partial charge in [-0.1, -0.05) is 60.1 Å². The minimum atomic E-state index is 0.0452. The maximum atomic E-state index is 14.0. The third-order valence-electron chi connectivity index (χ3n) is 6.97. The number of hydrogen-bond donors (Lipinski definition) is 1. The van der Waals surface area contributed by atoms with Crippen LogP contribution in [0, 0.1) is 3.57 Å².